The van der Waals surface area contributed by atoms with E-state index in [1.807, 2.05) is 20.8 Å². The van der Waals surface area contributed by atoms with Crippen molar-refractivity contribution in [3.8, 4) is 0 Å². The molecule has 22 heavy (non-hydrogen) atoms. The summed E-state index contributed by atoms with van der Waals surface area (Å²) in [4.78, 5) is 11.9. The molecule has 0 radical (unpaired) electrons. The number of amides is 1. The fraction of sp³-hybridized carbons (Fsp3) is 0.941. The van der Waals surface area contributed by atoms with Gasteiger partial charge in [0.15, 0.2) is 0 Å². The normalized spacial score (nSPS) is 31.1. The first kappa shape index (κ1) is 17.5. The monoisotopic (exact) mass is 312 g/mol. The minimum atomic E-state index is -0.458. The Bertz CT molecular complexity index is 403. The molecule has 4 unspecified atom stereocenters. The van der Waals surface area contributed by atoms with E-state index in [4.69, 9.17) is 9.47 Å². The molecule has 2 N–H and O–H groups in total. The molecule has 2 aliphatic rings. The molecule has 1 heterocycles. The smallest absolute Gasteiger partial charge is 0.407 e. The zero-order valence-electron chi connectivity index (χ0n) is 14.9. The van der Waals surface area contributed by atoms with E-state index in [0.29, 0.717) is 18.1 Å². The summed E-state index contributed by atoms with van der Waals surface area (Å²) in [5.74, 6) is 0.619. The molecule has 2 rings (SSSR count). The van der Waals surface area contributed by atoms with Gasteiger partial charge in [0, 0.05) is 36.6 Å². The predicted molar refractivity (Wildman–Crippen MR) is 86.9 cm³/mol. The lowest BCUT2D eigenvalue weighted by Crippen LogP contribution is -2.67. The van der Waals surface area contributed by atoms with Gasteiger partial charge in [0.1, 0.15) is 5.60 Å². The Kier molecular flexibility index (Phi) is 5.07. The molecule has 0 aromatic carbocycles. The molecular weight excluding hydrogens is 280 g/mol. The molecule has 0 aromatic heterocycles. The van der Waals surface area contributed by atoms with Crippen LogP contribution in [-0.2, 0) is 9.47 Å². The molecule has 128 valence electrons. The van der Waals surface area contributed by atoms with Gasteiger partial charge in [-0.05, 0) is 33.6 Å². The van der Waals surface area contributed by atoms with Crippen molar-refractivity contribution in [2.24, 2.45) is 11.3 Å². The molecule has 1 aliphatic carbocycles. The minimum absolute atomic E-state index is 0.0898. The van der Waals surface area contributed by atoms with Crippen LogP contribution in [0.25, 0.3) is 0 Å². The molecule has 4 atom stereocenters. The highest BCUT2D eigenvalue weighted by atomic mass is 16.6. The van der Waals surface area contributed by atoms with E-state index >= 15 is 0 Å². The molecule has 1 saturated heterocycles. The number of alkyl carbamates (subject to hydrolysis) is 1. The van der Waals surface area contributed by atoms with Gasteiger partial charge in [-0.25, -0.2) is 4.79 Å². The van der Waals surface area contributed by atoms with Crippen LogP contribution < -0.4 is 10.6 Å². The standard InChI is InChI=1S/C17H32N2O3/c1-7-11(19-15(20)22-16(2,3)4)10-18-13-12-8-9-21-14(12)17(13,5)6/h11-14,18H,7-10H2,1-6H3,(H,19,20). The number of nitrogens with one attached hydrogen (secondary N) is 2. The lowest BCUT2D eigenvalue weighted by molar-refractivity contribution is -0.112. The topological polar surface area (TPSA) is 59.6 Å². The van der Waals surface area contributed by atoms with Crippen molar-refractivity contribution in [2.45, 2.75) is 78.2 Å². The Morgan fingerprint density at radius 1 is 1.41 bits per heavy atom. The highest BCUT2D eigenvalue weighted by molar-refractivity contribution is 5.68. The average molecular weight is 312 g/mol. The zero-order valence-corrected chi connectivity index (χ0v) is 14.9. The molecule has 1 saturated carbocycles. The molecule has 2 fully saturated rings. The van der Waals surface area contributed by atoms with E-state index in [2.05, 4.69) is 31.4 Å². The number of hydrogen-bond acceptors (Lipinski definition) is 4. The largest absolute Gasteiger partial charge is 0.444 e. The zero-order chi connectivity index (χ0) is 16.5. The maximum Gasteiger partial charge on any atom is 0.407 e. The summed E-state index contributed by atoms with van der Waals surface area (Å²) in [7, 11) is 0. The second-order valence-corrected chi connectivity index (χ2v) is 8.20. The molecule has 0 aromatic rings. The van der Waals surface area contributed by atoms with Crippen LogP contribution in [0.2, 0.25) is 0 Å². The Morgan fingerprint density at radius 2 is 2.09 bits per heavy atom. The van der Waals surface area contributed by atoms with Crippen molar-refractivity contribution in [3.63, 3.8) is 0 Å². The Hall–Kier alpha value is -0.810. The van der Waals surface area contributed by atoms with Crippen LogP contribution in [-0.4, -0.2) is 43.0 Å². The molecule has 1 aliphatic heterocycles. The predicted octanol–water partition coefficient (Wildman–Crippen LogP) is 2.69. The van der Waals surface area contributed by atoms with Gasteiger partial charge < -0.3 is 20.1 Å². The number of carbonyl (C=O) groups excluding carboxylic acids is 1. The molecule has 0 bridgehead atoms. The van der Waals surface area contributed by atoms with Crippen LogP contribution in [0.5, 0.6) is 0 Å². The first-order valence-electron chi connectivity index (χ1n) is 8.49. The Balaban J connectivity index is 1.80. The van der Waals surface area contributed by atoms with Crippen LogP contribution >= 0.6 is 0 Å². The van der Waals surface area contributed by atoms with Gasteiger partial charge in [0.2, 0.25) is 0 Å². The van der Waals surface area contributed by atoms with E-state index in [-0.39, 0.29) is 17.6 Å². The van der Waals surface area contributed by atoms with Gasteiger partial charge in [0.25, 0.3) is 0 Å². The third kappa shape index (κ3) is 3.74. The van der Waals surface area contributed by atoms with Crippen molar-refractivity contribution < 1.29 is 14.3 Å². The molecule has 1 amide bonds. The van der Waals surface area contributed by atoms with Crippen molar-refractivity contribution in [3.05, 3.63) is 0 Å². The van der Waals surface area contributed by atoms with Gasteiger partial charge in [-0.15, -0.1) is 0 Å². The number of fused-ring (bicyclic) bond motifs is 1. The summed E-state index contributed by atoms with van der Waals surface area (Å²) >= 11 is 0. The van der Waals surface area contributed by atoms with E-state index in [9.17, 15) is 4.79 Å². The van der Waals surface area contributed by atoms with Crippen molar-refractivity contribution in [1.82, 2.24) is 10.6 Å². The molecule has 5 nitrogen and oxygen atoms in total. The Labute approximate surface area is 134 Å². The van der Waals surface area contributed by atoms with Gasteiger partial charge >= 0.3 is 6.09 Å². The van der Waals surface area contributed by atoms with Crippen molar-refractivity contribution >= 4 is 6.09 Å². The van der Waals surface area contributed by atoms with Crippen molar-refractivity contribution in [2.75, 3.05) is 13.2 Å². The number of hydrogen-bond donors (Lipinski definition) is 2. The summed E-state index contributed by atoms with van der Waals surface area (Å²) in [6.07, 6.45) is 2.08. The summed E-state index contributed by atoms with van der Waals surface area (Å²) in [5.41, 5.74) is -0.286. The highest BCUT2D eigenvalue weighted by Gasteiger charge is 2.58. The summed E-state index contributed by atoms with van der Waals surface area (Å²) in [6.45, 7) is 13.9. The van der Waals surface area contributed by atoms with Crippen LogP contribution in [0.4, 0.5) is 4.79 Å². The van der Waals surface area contributed by atoms with E-state index in [0.717, 1.165) is 26.0 Å². The average Bonchev–Trinajstić information content (AvgIpc) is 2.81. The first-order chi connectivity index (χ1) is 10.1. The van der Waals surface area contributed by atoms with Crippen LogP contribution in [0, 0.1) is 11.3 Å². The maximum atomic E-state index is 11.9. The quantitative estimate of drug-likeness (QED) is 0.819. The fourth-order valence-corrected chi connectivity index (χ4v) is 3.78. The van der Waals surface area contributed by atoms with Crippen LogP contribution in [0.15, 0.2) is 0 Å². The fourth-order valence-electron chi connectivity index (χ4n) is 3.78. The molecule has 5 heteroatoms. The number of ether oxygens (including phenoxy) is 2. The van der Waals surface area contributed by atoms with Gasteiger partial charge in [-0.2, -0.15) is 0 Å². The first-order valence-corrected chi connectivity index (χ1v) is 8.49. The van der Waals surface area contributed by atoms with Gasteiger partial charge in [0.05, 0.1) is 6.10 Å². The van der Waals surface area contributed by atoms with Crippen LogP contribution in [0.1, 0.15) is 54.4 Å². The molecule has 0 spiro atoms. The van der Waals surface area contributed by atoms with E-state index in [1.165, 1.54) is 0 Å². The van der Waals surface area contributed by atoms with Crippen LogP contribution in [0.3, 0.4) is 0 Å². The molecular formula is C17H32N2O3. The van der Waals surface area contributed by atoms with Crippen molar-refractivity contribution in [1.29, 1.82) is 0 Å². The summed E-state index contributed by atoms with van der Waals surface area (Å²) in [5, 5.41) is 6.61. The van der Waals surface area contributed by atoms with Gasteiger partial charge in [-0.3, -0.25) is 0 Å². The lowest BCUT2D eigenvalue weighted by Gasteiger charge is -2.55. The second kappa shape index (κ2) is 6.36. The van der Waals surface area contributed by atoms with E-state index in [1.54, 1.807) is 0 Å². The highest BCUT2D eigenvalue weighted by Crippen LogP contribution is 2.52. The summed E-state index contributed by atoms with van der Waals surface area (Å²) < 4.78 is 11.1. The maximum absolute atomic E-state index is 11.9. The van der Waals surface area contributed by atoms with E-state index < -0.39 is 5.60 Å². The second-order valence-electron chi connectivity index (χ2n) is 8.20. The summed E-state index contributed by atoms with van der Waals surface area (Å²) in [6, 6.07) is 0.557. The third-order valence-corrected chi connectivity index (χ3v) is 4.90. The number of carbonyl (C=O) groups is 1. The third-order valence-electron chi connectivity index (χ3n) is 4.90. The number of rotatable bonds is 5. The lowest BCUT2D eigenvalue weighted by atomic mass is 9.57. The SMILES string of the molecule is CCC(CNC1C2CCOC2C1(C)C)NC(=O)OC(C)(C)C. The van der Waals surface area contributed by atoms with Gasteiger partial charge in [-0.1, -0.05) is 20.8 Å². The Morgan fingerprint density at radius 3 is 2.68 bits per heavy atom. The minimum Gasteiger partial charge on any atom is -0.444 e.